The molecule has 0 radical (unpaired) electrons. The Morgan fingerprint density at radius 3 is 2.15 bits per heavy atom. The molecule has 0 saturated heterocycles. The van der Waals surface area contributed by atoms with Gasteiger partial charge in [0, 0.05) is 5.54 Å². The minimum atomic E-state index is -0.0223. The molecule has 1 saturated carbocycles. The van der Waals surface area contributed by atoms with Crippen molar-refractivity contribution in [1.29, 1.82) is 0 Å². The third-order valence-corrected chi connectivity index (χ3v) is 2.74. The molecular weight excluding hydrogens is 162 g/mol. The first kappa shape index (κ1) is 11.0. The highest BCUT2D eigenvalue weighted by atomic mass is 16.3. The van der Waals surface area contributed by atoms with Crippen molar-refractivity contribution in [2.24, 2.45) is 5.92 Å². The van der Waals surface area contributed by atoms with Gasteiger partial charge in [-0.3, -0.25) is 0 Å². The van der Waals surface area contributed by atoms with E-state index in [0.717, 1.165) is 25.3 Å². The van der Waals surface area contributed by atoms with Crippen LogP contribution in [0.4, 0.5) is 0 Å². The summed E-state index contributed by atoms with van der Waals surface area (Å²) >= 11 is 0. The Morgan fingerprint density at radius 1 is 1.15 bits per heavy atom. The largest absolute Gasteiger partial charge is 0.393 e. The molecule has 13 heavy (non-hydrogen) atoms. The molecular formula is C11H23NO. The van der Waals surface area contributed by atoms with Gasteiger partial charge in [-0.1, -0.05) is 0 Å². The maximum atomic E-state index is 9.33. The molecule has 0 atom stereocenters. The van der Waals surface area contributed by atoms with Gasteiger partial charge in [0.25, 0.3) is 0 Å². The summed E-state index contributed by atoms with van der Waals surface area (Å²) in [5.74, 6) is 0.780. The van der Waals surface area contributed by atoms with E-state index >= 15 is 0 Å². The van der Waals surface area contributed by atoms with Gasteiger partial charge in [0.05, 0.1) is 6.10 Å². The van der Waals surface area contributed by atoms with E-state index in [4.69, 9.17) is 0 Å². The minimum absolute atomic E-state index is 0.0223. The number of hydrogen-bond acceptors (Lipinski definition) is 2. The second kappa shape index (κ2) is 4.43. The van der Waals surface area contributed by atoms with Crippen LogP contribution in [0.3, 0.4) is 0 Å². The summed E-state index contributed by atoms with van der Waals surface area (Å²) in [5.41, 5.74) is 0.232. The van der Waals surface area contributed by atoms with Crippen LogP contribution in [0, 0.1) is 5.92 Å². The highest BCUT2D eigenvalue weighted by Gasteiger charge is 2.20. The van der Waals surface area contributed by atoms with E-state index in [2.05, 4.69) is 26.1 Å². The Balaban J connectivity index is 2.16. The fourth-order valence-corrected chi connectivity index (χ4v) is 1.80. The zero-order valence-corrected chi connectivity index (χ0v) is 9.14. The predicted molar refractivity (Wildman–Crippen MR) is 55.7 cm³/mol. The lowest BCUT2D eigenvalue weighted by atomic mass is 9.87. The molecule has 0 aromatic carbocycles. The van der Waals surface area contributed by atoms with Crippen molar-refractivity contribution >= 4 is 0 Å². The number of nitrogens with one attached hydrogen (secondary N) is 1. The summed E-state index contributed by atoms with van der Waals surface area (Å²) in [6, 6.07) is 0. The van der Waals surface area contributed by atoms with Gasteiger partial charge in [0.1, 0.15) is 0 Å². The van der Waals surface area contributed by atoms with E-state index in [1.807, 2.05) is 0 Å². The highest BCUT2D eigenvalue weighted by molar-refractivity contribution is 4.77. The van der Waals surface area contributed by atoms with E-state index in [0.29, 0.717) is 0 Å². The summed E-state index contributed by atoms with van der Waals surface area (Å²) in [6.45, 7) is 7.70. The van der Waals surface area contributed by atoms with Crippen molar-refractivity contribution in [2.75, 3.05) is 6.54 Å². The molecule has 0 amide bonds. The fraction of sp³-hybridized carbons (Fsp3) is 1.00. The maximum absolute atomic E-state index is 9.33. The van der Waals surface area contributed by atoms with Crippen molar-refractivity contribution in [2.45, 2.75) is 58.1 Å². The van der Waals surface area contributed by atoms with E-state index in [-0.39, 0.29) is 11.6 Å². The average molecular weight is 185 g/mol. The lowest BCUT2D eigenvalue weighted by Gasteiger charge is -2.29. The summed E-state index contributed by atoms with van der Waals surface area (Å²) in [4.78, 5) is 0. The number of aliphatic hydroxyl groups is 1. The topological polar surface area (TPSA) is 32.3 Å². The number of hydrogen-bond donors (Lipinski definition) is 2. The third kappa shape index (κ3) is 4.63. The highest BCUT2D eigenvalue weighted by Crippen LogP contribution is 2.23. The molecule has 1 aliphatic carbocycles. The van der Waals surface area contributed by atoms with Gasteiger partial charge in [-0.15, -0.1) is 0 Å². The summed E-state index contributed by atoms with van der Waals surface area (Å²) < 4.78 is 0. The SMILES string of the molecule is CC(C)(C)NC[C@H]1CC[C@H](O)CC1. The lowest BCUT2D eigenvalue weighted by molar-refractivity contribution is 0.106. The first-order valence-electron chi connectivity index (χ1n) is 5.40. The van der Waals surface area contributed by atoms with Crippen LogP contribution in [0.5, 0.6) is 0 Å². The zero-order chi connectivity index (χ0) is 9.90. The van der Waals surface area contributed by atoms with Gasteiger partial charge in [-0.25, -0.2) is 0 Å². The Bertz CT molecular complexity index is 143. The molecule has 0 aromatic heterocycles. The monoisotopic (exact) mass is 185 g/mol. The molecule has 2 nitrogen and oxygen atoms in total. The van der Waals surface area contributed by atoms with Gasteiger partial charge in [0.2, 0.25) is 0 Å². The van der Waals surface area contributed by atoms with Crippen molar-refractivity contribution in [3.63, 3.8) is 0 Å². The van der Waals surface area contributed by atoms with Crippen LogP contribution in [-0.4, -0.2) is 23.3 Å². The number of rotatable bonds is 2. The molecule has 2 N–H and O–H groups in total. The van der Waals surface area contributed by atoms with Gasteiger partial charge in [-0.2, -0.15) is 0 Å². The molecule has 1 fully saturated rings. The van der Waals surface area contributed by atoms with Crippen LogP contribution in [-0.2, 0) is 0 Å². The van der Waals surface area contributed by atoms with E-state index in [9.17, 15) is 5.11 Å². The van der Waals surface area contributed by atoms with Crippen LogP contribution in [0.25, 0.3) is 0 Å². The zero-order valence-electron chi connectivity index (χ0n) is 9.14. The van der Waals surface area contributed by atoms with Gasteiger partial charge >= 0.3 is 0 Å². The minimum Gasteiger partial charge on any atom is -0.393 e. The average Bonchev–Trinajstić information content (AvgIpc) is 2.02. The Morgan fingerprint density at radius 2 is 1.69 bits per heavy atom. The predicted octanol–water partition coefficient (Wildman–Crippen LogP) is 1.93. The standard InChI is InChI=1S/C11H23NO/c1-11(2,3)12-8-9-4-6-10(13)7-5-9/h9-10,12-13H,4-8H2,1-3H3/t9-,10-. The molecule has 0 heterocycles. The molecule has 0 unspecified atom stereocenters. The van der Waals surface area contributed by atoms with Crippen LogP contribution in [0.15, 0.2) is 0 Å². The van der Waals surface area contributed by atoms with Gasteiger partial charge < -0.3 is 10.4 Å². The Hall–Kier alpha value is -0.0800. The molecule has 0 aliphatic heterocycles. The van der Waals surface area contributed by atoms with E-state index in [1.165, 1.54) is 12.8 Å². The maximum Gasteiger partial charge on any atom is 0.0540 e. The molecule has 1 aliphatic rings. The normalized spacial score (nSPS) is 30.5. The molecule has 2 heteroatoms. The molecule has 0 spiro atoms. The lowest BCUT2D eigenvalue weighted by Crippen LogP contribution is -2.40. The molecule has 0 aromatic rings. The second-order valence-electron chi connectivity index (χ2n) is 5.31. The van der Waals surface area contributed by atoms with E-state index in [1.54, 1.807) is 0 Å². The van der Waals surface area contributed by atoms with Crippen molar-refractivity contribution in [3.05, 3.63) is 0 Å². The van der Waals surface area contributed by atoms with Crippen LogP contribution >= 0.6 is 0 Å². The quantitative estimate of drug-likeness (QED) is 0.689. The van der Waals surface area contributed by atoms with E-state index < -0.39 is 0 Å². The molecule has 0 bridgehead atoms. The summed E-state index contributed by atoms with van der Waals surface area (Å²) in [5, 5.41) is 12.9. The Kier molecular flexibility index (Phi) is 3.74. The first-order valence-corrected chi connectivity index (χ1v) is 5.40. The van der Waals surface area contributed by atoms with Gasteiger partial charge in [-0.05, 0) is 58.9 Å². The molecule has 78 valence electrons. The van der Waals surface area contributed by atoms with Crippen LogP contribution in [0.2, 0.25) is 0 Å². The number of aliphatic hydroxyl groups excluding tert-OH is 1. The van der Waals surface area contributed by atoms with Crippen LogP contribution in [0.1, 0.15) is 46.5 Å². The van der Waals surface area contributed by atoms with Gasteiger partial charge in [0.15, 0.2) is 0 Å². The van der Waals surface area contributed by atoms with Crippen LogP contribution < -0.4 is 5.32 Å². The van der Waals surface area contributed by atoms with Crippen molar-refractivity contribution < 1.29 is 5.11 Å². The Labute approximate surface area is 81.7 Å². The second-order valence-corrected chi connectivity index (χ2v) is 5.31. The molecule has 1 rings (SSSR count). The fourth-order valence-electron chi connectivity index (χ4n) is 1.80. The smallest absolute Gasteiger partial charge is 0.0540 e. The summed E-state index contributed by atoms with van der Waals surface area (Å²) in [6.07, 6.45) is 4.34. The first-order chi connectivity index (χ1) is 5.97. The third-order valence-electron chi connectivity index (χ3n) is 2.74. The summed E-state index contributed by atoms with van der Waals surface area (Å²) in [7, 11) is 0. The van der Waals surface area contributed by atoms with Crippen molar-refractivity contribution in [3.8, 4) is 0 Å². The van der Waals surface area contributed by atoms with Crippen molar-refractivity contribution in [1.82, 2.24) is 5.32 Å².